The summed E-state index contributed by atoms with van der Waals surface area (Å²) in [6, 6.07) is 5.94. The van der Waals surface area contributed by atoms with Gasteiger partial charge in [0.15, 0.2) is 0 Å². The molecule has 1 saturated heterocycles. The maximum Gasteiger partial charge on any atom is 0.225 e. The van der Waals surface area contributed by atoms with Crippen molar-refractivity contribution < 1.29 is 9.90 Å². The van der Waals surface area contributed by atoms with Crippen molar-refractivity contribution in [1.29, 1.82) is 0 Å². The Morgan fingerprint density at radius 1 is 1.31 bits per heavy atom. The van der Waals surface area contributed by atoms with E-state index in [4.69, 9.17) is 11.6 Å². The third kappa shape index (κ3) is 3.78. The number of likely N-dealkylation sites (tertiary alicyclic amines) is 1. The van der Waals surface area contributed by atoms with Crippen LogP contribution in [0.1, 0.15) is 49.7 Å². The monoisotopic (exact) mass is 376 g/mol. The zero-order valence-corrected chi connectivity index (χ0v) is 16.3. The third-order valence-corrected chi connectivity index (χ3v) is 6.66. The van der Waals surface area contributed by atoms with Crippen LogP contribution in [0.3, 0.4) is 0 Å². The van der Waals surface area contributed by atoms with E-state index in [9.17, 15) is 9.90 Å². The van der Waals surface area contributed by atoms with E-state index < -0.39 is 5.60 Å². The number of hydrogen-bond acceptors (Lipinski definition) is 3. The van der Waals surface area contributed by atoms with Crippen LogP contribution in [-0.4, -0.2) is 47.5 Å². The Morgan fingerprint density at radius 2 is 2.00 bits per heavy atom. The molecule has 4 rings (SSSR count). The number of amides is 1. The van der Waals surface area contributed by atoms with Gasteiger partial charge in [0.05, 0.1) is 5.60 Å². The summed E-state index contributed by atoms with van der Waals surface area (Å²) < 4.78 is 0. The highest BCUT2D eigenvalue weighted by atomic mass is 35.5. The van der Waals surface area contributed by atoms with Crippen LogP contribution < -0.4 is 0 Å². The molecule has 0 unspecified atom stereocenters. The average molecular weight is 377 g/mol. The van der Waals surface area contributed by atoms with Gasteiger partial charge in [-0.15, -0.1) is 0 Å². The summed E-state index contributed by atoms with van der Waals surface area (Å²) in [5.74, 6) is 0.815. The van der Waals surface area contributed by atoms with E-state index in [0.29, 0.717) is 18.8 Å². The van der Waals surface area contributed by atoms with Gasteiger partial charge in [0.2, 0.25) is 5.91 Å². The second-order valence-electron chi connectivity index (χ2n) is 8.59. The zero-order valence-electron chi connectivity index (χ0n) is 15.6. The van der Waals surface area contributed by atoms with Crippen molar-refractivity contribution in [1.82, 2.24) is 9.80 Å². The average Bonchev–Trinajstić information content (AvgIpc) is 3.25. The first-order valence-electron chi connectivity index (χ1n) is 9.93. The molecule has 0 bridgehead atoms. The summed E-state index contributed by atoms with van der Waals surface area (Å²) in [5.41, 5.74) is 1.06. The SMILES string of the molecule is CN(CC1CC1)C(=O)C1CC(O)(c2ccc(CN3CCCC3)c(Cl)c2)C1. The van der Waals surface area contributed by atoms with Crippen LogP contribution in [0, 0.1) is 11.8 Å². The molecule has 0 radical (unpaired) electrons. The first kappa shape index (κ1) is 18.3. The highest BCUT2D eigenvalue weighted by Gasteiger charge is 2.48. The van der Waals surface area contributed by atoms with Crippen LogP contribution in [0.25, 0.3) is 0 Å². The molecule has 3 fully saturated rings. The molecule has 142 valence electrons. The molecule has 1 amide bonds. The molecule has 5 heteroatoms. The summed E-state index contributed by atoms with van der Waals surface area (Å²) in [6.45, 7) is 4.02. The Balaban J connectivity index is 1.36. The second kappa shape index (κ2) is 7.14. The highest BCUT2D eigenvalue weighted by Crippen LogP contribution is 2.47. The van der Waals surface area contributed by atoms with E-state index in [1.54, 1.807) is 0 Å². The summed E-state index contributed by atoms with van der Waals surface area (Å²) in [6.07, 6.45) is 6.02. The second-order valence-corrected chi connectivity index (χ2v) is 9.00. The molecule has 0 spiro atoms. The van der Waals surface area contributed by atoms with Crippen LogP contribution in [0.5, 0.6) is 0 Å². The number of benzene rings is 1. The number of rotatable bonds is 6. The third-order valence-electron chi connectivity index (χ3n) is 6.31. The minimum Gasteiger partial charge on any atom is -0.385 e. The van der Waals surface area contributed by atoms with Crippen molar-refractivity contribution in [2.75, 3.05) is 26.7 Å². The zero-order chi connectivity index (χ0) is 18.3. The number of nitrogens with zero attached hydrogens (tertiary/aromatic N) is 2. The number of carbonyl (C=O) groups is 1. The van der Waals surface area contributed by atoms with Gasteiger partial charge in [0.1, 0.15) is 0 Å². The largest absolute Gasteiger partial charge is 0.385 e. The van der Waals surface area contributed by atoms with Gasteiger partial charge >= 0.3 is 0 Å². The van der Waals surface area contributed by atoms with E-state index >= 15 is 0 Å². The van der Waals surface area contributed by atoms with Crippen molar-refractivity contribution in [3.63, 3.8) is 0 Å². The molecule has 0 atom stereocenters. The van der Waals surface area contributed by atoms with Gasteiger partial charge in [-0.1, -0.05) is 23.7 Å². The van der Waals surface area contributed by atoms with E-state index in [1.807, 2.05) is 30.1 Å². The topological polar surface area (TPSA) is 43.8 Å². The quantitative estimate of drug-likeness (QED) is 0.827. The number of carbonyl (C=O) groups excluding carboxylic acids is 1. The van der Waals surface area contributed by atoms with Gasteiger partial charge < -0.3 is 10.0 Å². The van der Waals surface area contributed by atoms with Crippen LogP contribution in [0.2, 0.25) is 5.02 Å². The molecule has 0 aromatic heterocycles. The van der Waals surface area contributed by atoms with E-state index in [2.05, 4.69) is 4.90 Å². The van der Waals surface area contributed by atoms with Crippen molar-refractivity contribution in [2.45, 2.75) is 50.7 Å². The number of halogens is 1. The van der Waals surface area contributed by atoms with Gasteiger partial charge in [-0.05, 0) is 74.7 Å². The molecule has 1 aromatic carbocycles. The summed E-state index contributed by atoms with van der Waals surface area (Å²) in [4.78, 5) is 16.8. The molecule has 26 heavy (non-hydrogen) atoms. The van der Waals surface area contributed by atoms with Crippen molar-refractivity contribution in [2.24, 2.45) is 11.8 Å². The Morgan fingerprint density at radius 3 is 2.62 bits per heavy atom. The van der Waals surface area contributed by atoms with Gasteiger partial charge in [0, 0.05) is 31.1 Å². The van der Waals surface area contributed by atoms with Crippen molar-refractivity contribution in [3.8, 4) is 0 Å². The lowest BCUT2D eigenvalue weighted by atomic mass is 9.66. The Bertz CT molecular complexity index is 677. The molecule has 4 nitrogen and oxygen atoms in total. The fraction of sp³-hybridized carbons (Fsp3) is 0.667. The van der Waals surface area contributed by atoms with Gasteiger partial charge in [-0.25, -0.2) is 0 Å². The van der Waals surface area contributed by atoms with Crippen LogP contribution in [0.4, 0.5) is 0 Å². The lowest BCUT2D eigenvalue weighted by Gasteiger charge is -2.44. The van der Waals surface area contributed by atoms with Crippen LogP contribution in [-0.2, 0) is 16.9 Å². The molecular weight excluding hydrogens is 348 g/mol. The fourth-order valence-electron chi connectivity index (χ4n) is 4.40. The lowest BCUT2D eigenvalue weighted by Crippen LogP contribution is -2.48. The Kier molecular flexibility index (Phi) is 5.02. The maximum atomic E-state index is 12.5. The van der Waals surface area contributed by atoms with Crippen molar-refractivity contribution in [3.05, 3.63) is 34.3 Å². The molecule has 1 heterocycles. The van der Waals surface area contributed by atoms with E-state index in [1.165, 1.54) is 25.7 Å². The molecular formula is C21H29ClN2O2. The molecule has 1 aromatic rings. The summed E-state index contributed by atoms with van der Waals surface area (Å²) >= 11 is 6.50. The normalized spacial score (nSPS) is 28.8. The minimum atomic E-state index is -0.906. The van der Waals surface area contributed by atoms with Gasteiger partial charge in [0.25, 0.3) is 0 Å². The molecule has 2 aliphatic carbocycles. The molecule has 1 aliphatic heterocycles. The number of hydrogen-bond donors (Lipinski definition) is 1. The predicted octanol–water partition coefficient (Wildman–Crippen LogP) is 3.40. The highest BCUT2D eigenvalue weighted by molar-refractivity contribution is 6.31. The first-order valence-corrected chi connectivity index (χ1v) is 10.3. The molecule has 1 N–H and O–H groups in total. The maximum absolute atomic E-state index is 12.5. The van der Waals surface area contributed by atoms with Crippen molar-refractivity contribution >= 4 is 17.5 Å². The smallest absolute Gasteiger partial charge is 0.225 e. The minimum absolute atomic E-state index is 0.0631. The summed E-state index contributed by atoms with van der Waals surface area (Å²) in [7, 11) is 1.89. The first-order chi connectivity index (χ1) is 12.4. The lowest BCUT2D eigenvalue weighted by molar-refractivity contribution is -0.152. The van der Waals surface area contributed by atoms with Crippen LogP contribution in [0.15, 0.2) is 18.2 Å². The van der Waals surface area contributed by atoms with E-state index in [-0.39, 0.29) is 11.8 Å². The van der Waals surface area contributed by atoms with Gasteiger partial charge in [-0.2, -0.15) is 0 Å². The van der Waals surface area contributed by atoms with Gasteiger partial charge in [-0.3, -0.25) is 9.69 Å². The Labute approximate surface area is 161 Å². The summed E-state index contributed by atoms with van der Waals surface area (Å²) in [5, 5.41) is 11.7. The standard InChI is InChI=1S/C21H29ClN2O2/c1-23(13-15-4-5-15)20(25)17-11-21(26,12-17)18-7-6-16(19(22)10-18)14-24-8-2-3-9-24/h6-7,10,15,17,26H,2-5,8-9,11-14H2,1H3. The molecule has 2 saturated carbocycles. The molecule has 3 aliphatic rings. The Hall–Kier alpha value is -1.10. The predicted molar refractivity (Wildman–Crippen MR) is 103 cm³/mol. The van der Waals surface area contributed by atoms with E-state index in [0.717, 1.165) is 42.3 Å². The number of aliphatic hydroxyl groups is 1. The fourth-order valence-corrected chi connectivity index (χ4v) is 4.64. The van der Waals surface area contributed by atoms with Crippen LogP contribution >= 0.6 is 11.6 Å².